The van der Waals surface area contributed by atoms with Gasteiger partial charge in [-0.15, -0.1) is 0 Å². The van der Waals surface area contributed by atoms with Crippen molar-refractivity contribution in [2.45, 2.75) is 37.6 Å². The van der Waals surface area contributed by atoms with Crippen molar-refractivity contribution in [2.24, 2.45) is 0 Å². The van der Waals surface area contributed by atoms with E-state index in [2.05, 4.69) is 4.98 Å². The molecule has 1 amide bonds. The normalized spacial score (nSPS) is 17.2. The van der Waals surface area contributed by atoms with Crippen molar-refractivity contribution in [3.63, 3.8) is 0 Å². The molecule has 1 fully saturated rings. The molecule has 1 aliphatic rings. The average Bonchev–Trinajstić information content (AvgIpc) is 3.20. The van der Waals surface area contributed by atoms with E-state index in [-0.39, 0.29) is 17.7 Å². The Balaban J connectivity index is 1.42. The van der Waals surface area contributed by atoms with Gasteiger partial charge >= 0.3 is 0 Å². The number of benzene rings is 2. The van der Waals surface area contributed by atoms with Crippen LogP contribution in [-0.4, -0.2) is 59.3 Å². The molecule has 1 saturated heterocycles. The number of aromatic nitrogens is 2. The van der Waals surface area contributed by atoms with Gasteiger partial charge in [-0.2, -0.15) is 0 Å². The molecule has 174 valence electrons. The van der Waals surface area contributed by atoms with Crippen LogP contribution in [0.2, 0.25) is 0 Å². The van der Waals surface area contributed by atoms with E-state index in [0.29, 0.717) is 31.6 Å². The van der Waals surface area contributed by atoms with Gasteiger partial charge in [-0.05, 0) is 36.5 Å². The summed E-state index contributed by atoms with van der Waals surface area (Å²) in [6, 6.07) is 16.8. The molecule has 3 aromatic rings. The summed E-state index contributed by atoms with van der Waals surface area (Å²) in [5, 5.41) is 0. The van der Waals surface area contributed by atoms with Crippen molar-refractivity contribution in [1.29, 1.82) is 0 Å². The highest BCUT2D eigenvalue weighted by molar-refractivity contribution is 7.88. The first-order valence-corrected chi connectivity index (χ1v) is 12.9. The maximum absolute atomic E-state index is 13.4. The second kappa shape index (κ2) is 10.3. The minimum Gasteiger partial charge on any atom is -0.339 e. The maximum atomic E-state index is 13.4. The van der Waals surface area contributed by atoms with Crippen molar-refractivity contribution in [3.8, 4) is 0 Å². The molecule has 33 heavy (non-hydrogen) atoms. The summed E-state index contributed by atoms with van der Waals surface area (Å²) >= 11 is 0. The zero-order chi connectivity index (χ0) is 23.3. The highest BCUT2D eigenvalue weighted by Gasteiger charge is 2.30. The highest BCUT2D eigenvalue weighted by atomic mass is 32.2. The Kier molecular flexibility index (Phi) is 7.25. The fourth-order valence-corrected chi connectivity index (χ4v) is 5.86. The van der Waals surface area contributed by atoms with Crippen LogP contribution in [0, 0.1) is 0 Å². The number of carbonyl (C=O) groups excluding carboxylic acids is 1. The third-order valence-corrected chi connectivity index (χ3v) is 8.16. The maximum Gasteiger partial charge on any atom is 0.254 e. The Labute approximate surface area is 195 Å². The van der Waals surface area contributed by atoms with E-state index in [1.807, 2.05) is 70.3 Å². The molecule has 8 heteroatoms. The predicted octanol–water partition coefficient (Wildman–Crippen LogP) is 3.39. The first kappa shape index (κ1) is 23.2. The summed E-state index contributed by atoms with van der Waals surface area (Å²) in [7, 11) is -1.77. The summed E-state index contributed by atoms with van der Waals surface area (Å²) < 4.78 is 29.4. The van der Waals surface area contributed by atoms with Gasteiger partial charge in [0.25, 0.3) is 5.91 Å². The molecule has 7 nitrogen and oxygen atoms in total. The summed E-state index contributed by atoms with van der Waals surface area (Å²) in [4.78, 5) is 19.3. The summed E-state index contributed by atoms with van der Waals surface area (Å²) in [6.07, 6.45) is 7.48. The molecular weight excluding hydrogens is 436 g/mol. The number of carbonyl (C=O) groups is 1. The van der Waals surface area contributed by atoms with Crippen LogP contribution in [0.4, 0.5) is 0 Å². The number of hydrogen-bond acceptors (Lipinski definition) is 4. The quantitative estimate of drug-likeness (QED) is 0.535. The zero-order valence-electron chi connectivity index (χ0n) is 18.9. The first-order chi connectivity index (χ1) is 15.9. The van der Waals surface area contributed by atoms with E-state index in [1.54, 1.807) is 19.6 Å². The van der Waals surface area contributed by atoms with E-state index in [9.17, 15) is 13.2 Å². The summed E-state index contributed by atoms with van der Waals surface area (Å²) in [6.45, 7) is 1.74. The molecule has 0 bridgehead atoms. The molecule has 2 aromatic carbocycles. The van der Waals surface area contributed by atoms with Crippen LogP contribution in [0.25, 0.3) is 0 Å². The molecule has 4 rings (SSSR count). The van der Waals surface area contributed by atoms with Crippen molar-refractivity contribution < 1.29 is 13.2 Å². The number of hydrogen-bond donors (Lipinski definition) is 0. The SMILES string of the molecule is CN([C@@H]1CCCN(C(=O)c2ccccc2Cn2ccnc2)CC1)S(=O)(=O)Cc1ccccc1. The van der Waals surface area contributed by atoms with Crippen molar-refractivity contribution in [3.05, 3.63) is 90.0 Å². The number of sulfonamides is 1. The minimum atomic E-state index is -3.43. The van der Waals surface area contributed by atoms with E-state index >= 15 is 0 Å². The Bertz CT molecular complexity index is 1160. The van der Waals surface area contributed by atoms with Crippen LogP contribution >= 0.6 is 0 Å². The Morgan fingerprint density at radius 1 is 1.06 bits per heavy atom. The standard InChI is InChI=1S/C25H30N4O3S/c1-27(33(31,32)19-21-8-3-2-4-9-21)23-11-7-15-29(16-13-23)25(30)24-12-6-5-10-22(24)18-28-17-14-26-20-28/h2-6,8-10,12,14,17,20,23H,7,11,13,15-16,18-19H2,1H3/t23-/m1/s1. The summed E-state index contributed by atoms with van der Waals surface area (Å²) in [5.41, 5.74) is 2.42. The van der Waals surface area contributed by atoms with Gasteiger partial charge in [0.2, 0.25) is 10.0 Å². The Morgan fingerprint density at radius 3 is 2.58 bits per heavy atom. The van der Waals surface area contributed by atoms with Crippen LogP contribution in [0.15, 0.2) is 73.3 Å². The molecule has 0 unspecified atom stereocenters. The van der Waals surface area contributed by atoms with Gasteiger partial charge in [0.15, 0.2) is 0 Å². The van der Waals surface area contributed by atoms with Crippen molar-refractivity contribution in [1.82, 2.24) is 18.8 Å². The lowest BCUT2D eigenvalue weighted by molar-refractivity contribution is 0.0758. The fraction of sp³-hybridized carbons (Fsp3) is 0.360. The van der Waals surface area contributed by atoms with E-state index in [0.717, 1.165) is 24.0 Å². The van der Waals surface area contributed by atoms with E-state index in [4.69, 9.17) is 0 Å². The highest BCUT2D eigenvalue weighted by Crippen LogP contribution is 2.22. The zero-order valence-corrected chi connectivity index (χ0v) is 19.7. The minimum absolute atomic E-state index is 0.00108. The lowest BCUT2D eigenvalue weighted by atomic mass is 10.1. The lowest BCUT2D eigenvalue weighted by Crippen LogP contribution is -2.39. The van der Waals surface area contributed by atoms with Gasteiger partial charge < -0.3 is 9.47 Å². The largest absolute Gasteiger partial charge is 0.339 e. The molecular formula is C25H30N4O3S. The number of nitrogens with zero attached hydrogens (tertiary/aromatic N) is 4. The molecule has 0 aliphatic carbocycles. The topological polar surface area (TPSA) is 75.5 Å². The van der Waals surface area contributed by atoms with E-state index < -0.39 is 10.0 Å². The lowest BCUT2D eigenvalue weighted by Gasteiger charge is -2.27. The van der Waals surface area contributed by atoms with Crippen LogP contribution in [0.3, 0.4) is 0 Å². The predicted molar refractivity (Wildman–Crippen MR) is 128 cm³/mol. The number of imidazole rings is 1. The molecule has 0 saturated carbocycles. The molecule has 1 aliphatic heterocycles. The smallest absolute Gasteiger partial charge is 0.254 e. The van der Waals surface area contributed by atoms with Crippen LogP contribution in [-0.2, 0) is 22.3 Å². The first-order valence-electron chi connectivity index (χ1n) is 11.3. The molecule has 2 heterocycles. The number of rotatable bonds is 7. The van der Waals surface area contributed by atoms with Gasteiger partial charge in [-0.1, -0.05) is 48.5 Å². The fourth-order valence-electron chi connectivity index (χ4n) is 4.37. The monoisotopic (exact) mass is 466 g/mol. The summed E-state index contributed by atoms with van der Waals surface area (Å²) in [5.74, 6) is -0.00774. The van der Waals surface area contributed by atoms with Gasteiger partial charge in [0, 0.05) is 50.7 Å². The Morgan fingerprint density at radius 2 is 1.82 bits per heavy atom. The molecule has 0 N–H and O–H groups in total. The van der Waals surface area contributed by atoms with Gasteiger partial charge in [0.05, 0.1) is 12.1 Å². The third kappa shape index (κ3) is 5.69. The number of likely N-dealkylation sites (tertiary alicyclic amines) is 1. The van der Waals surface area contributed by atoms with Crippen molar-refractivity contribution in [2.75, 3.05) is 20.1 Å². The van der Waals surface area contributed by atoms with Crippen molar-refractivity contribution >= 4 is 15.9 Å². The Hall–Kier alpha value is -2.97. The van der Waals surface area contributed by atoms with Gasteiger partial charge in [-0.25, -0.2) is 17.7 Å². The third-order valence-electron chi connectivity index (χ3n) is 6.29. The second-order valence-electron chi connectivity index (χ2n) is 8.53. The number of amides is 1. The second-order valence-corrected chi connectivity index (χ2v) is 10.6. The van der Waals surface area contributed by atoms with Crippen LogP contribution in [0.5, 0.6) is 0 Å². The van der Waals surface area contributed by atoms with Gasteiger partial charge in [-0.3, -0.25) is 4.79 Å². The molecule has 1 aromatic heterocycles. The molecule has 0 spiro atoms. The van der Waals surface area contributed by atoms with Crippen LogP contribution in [0.1, 0.15) is 40.7 Å². The molecule has 1 atom stereocenters. The van der Waals surface area contributed by atoms with Crippen LogP contribution < -0.4 is 0 Å². The average molecular weight is 467 g/mol. The van der Waals surface area contributed by atoms with Gasteiger partial charge in [0.1, 0.15) is 0 Å². The van der Waals surface area contributed by atoms with E-state index in [1.165, 1.54) is 4.31 Å². The molecule has 0 radical (unpaired) electrons.